The normalized spacial score (nSPS) is 16.0. The minimum Gasteiger partial charge on any atom is -0.481 e. The summed E-state index contributed by atoms with van der Waals surface area (Å²) in [7, 11) is 0. The zero-order chi connectivity index (χ0) is 13.4. The minimum atomic E-state index is -0.957. The van der Waals surface area contributed by atoms with Gasteiger partial charge in [-0.3, -0.25) is 9.59 Å². The summed E-state index contributed by atoms with van der Waals surface area (Å²) in [5.41, 5.74) is 0. The first-order chi connectivity index (χ1) is 7.90. The molecule has 0 aliphatic rings. The number of carbonyl (C=O) groups excluding carboxylic acids is 1. The van der Waals surface area contributed by atoms with E-state index in [0.717, 1.165) is 12.8 Å². The van der Waals surface area contributed by atoms with Crippen LogP contribution in [0.2, 0.25) is 0 Å². The van der Waals surface area contributed by atoms with Gasteiger partial charge >= 0.3 is 5.97 Å². The molecule has 100 valence electrons. The number of carbonyl (C=O) groups is 2. The third-order valence-electron chi connectivity index (χ3n) is 3.04. The third kappa shape index (κ3) is 6.26. The van der Waals surface area contributed by atoms with Crippen molar-refractivity contribution in [3.63, 3.8) is 0 Å². The summed E-state index contributed by atoms with van der Waals surface area (Å²) in [6, 6.07) is 0. The number of aliphatic hydroxyl groups is 1. The lowest BCUT2D eigenvalue weighted by molar-refractivity contribution is -0.146. The molecule has 1 amide bonds. The second-order valence-corrected chi connectivity index (χ2v) is 4.64. The van der Waals surface area contributed by atoms with Crippen LogP contribution in [0, 0.1) is 17.8 Å². The van der Waals surface area contributed by atoms with E-state index < -0.39 is 17.8 Å². The maximum Gasteiger partial charge on any atom is 0.307 e. The van der Waals surface area contributed by atoms with Gasteiger partial charge in [-0.2, -0.15) is 0 Å². The molecule has 0 fully saturated rings. The van der Waals surface area contributed by atoms with Crippen LogP contribution < -0.4 is 5.32 Å². The fourth-order valence-corrected chi connectivity index (χ4v) is 1.36. The summed E-state index contributed by atoms with van der Waals surface area (Å²) < 4.78 is 0. The van der Waals surface area contributed by atoms with E-state index >= 15 is 0 Å². The highest BCUT2D eigenvalue weighted by Crippen LogP contribution is 2.11. The number of rotatable bonds is 8. The van der Waals surface area contributed by atoms with Crippen LogP contribution in [-0.2, 0) is 9.59 Å². The molecule has 3 unspecified atom stereocenters. The van der Waals surface area contributed by atoms with Gasteiger partial charge in [-0.15, -0.1) is 0 Å². The van der Waals surface area contributed by atoms with E-state index in [4.69, 9.17) is 10.2 Å². The van der Waals surface area contributed by atoms with E-state index in [1.807, 2.05) is 6.92 Å². The Labute approximate surface area is 102 Å². The highest BCUT2D eigenvalue weighted by Gasteiger charge is 2.25. The van der Waals surface area contributed by atoms with Crippen LogP contribution in [0.1, 0.15) is 33.6 Å². The molecule has 17 heavy (non-hydrogen) atoms. The second-order valence-electron chi connectivity index (χ2n) is 4.64. The van der Waals surface area contributed by atoms with Crippen molar-refractivity contribution in [2.45, 2.75) is 33.6 Å². The number of carboxylic acids is 1. The molecule has 0 aliphatic heterocycles. The maximum absolute atomic E-state index is 11.6. The van der Waals surface area contributed by atoms with Crippen LogP contribution in [0.15, 0.2) is 0 Å². The van der Waals surface area contributed by atoms with Crippen LogP contribution in [0.4, 0.5) is 0 Å². The number of nitrogens with one attached hydrogen (secondary N) is 1. The summed E-state index contributed by atoms with van der Waals surface area (Å²) in [5, 5.41) is 20.3. The predicted molar refractivity (Wildman–Crippen MR) is 64.5 cm³/mol. The zero-order valence-electron chi connectivity index (χ0n) is 10.8. The molecular formula is C12H23NO4. The van der Waals surface area contributed by atoms with Crippen LogP contribution in [0.25, 0.3) is 0 Å². The van der Waals surface area contributed by atoms with Crippen molar-refractivity contribution < 1.29 is 19.8 Å². The number of amides is 1. The monoisotopic (exact) mass is 245 g/mol. The van der Waals surface area contributed by atoms with Crippen LogP contribution >= 0.6 is 0 Å². The first kappa shape index (κ1) is 15.9. The molecule has 0 aromatic heterocycles. The molecule has 0 radical (unpaired) electrons. The molecule has 0 heterocycles. The summed E-state index contributed by atoms with van der Waals surface area (Å²) >= 11 is 0. The highest BCUT2D eigenvalue weighted by atomic mass is 16.4. The Hall–Kier alpha value is -1.10. The SMILES string of the molecule is CC(CO)CCCNC(=O)C(C)C(C)C(=O)O. The van der Waals surface area contributed by atoms with Gasteiger partial charge in [0.05, 0.1) is 5.92 Å². The lowest BCUT2D eigenvalue weighted by atomic mass is 9.95. The van der Waals surface area contributed by atoms with Gasteiger partial charge in [0.25, 0.3) is 0 Å². The van der Waals surface area contributed by atoms with Gasteiger partial charge in [0, 0.05) is 19.1 Å². The van der Waals surface area contributed by atoms with Crippen molar-refractivity contribution in [3.05, 3.63) is 0 Å². The average molecular weight is 245 g/mol. The molecule has 3 N–H and O–H groups in total. The van der Waals surface area contributed by atoms with Gasteiger partial charge in [-0.25, -0.2) is 0 Å². The van der Waals surface area contributed by atoms with Gasteiger partial charge < -0.3 is 15.5 Å². The standard InChI is InChI=1S/C12H23NO4/c1-8(7-14)5-4-6-13-11(15)9(2)10(3)12(16)17/h8-10,14H,4-7H2,1-3H3,(H,13,15)(H,16,17). The molecule has 0 rings (SSSR count). The number of aliphatic hydroxyl groups excluding tert-OH is 1. The summed E-state index contributed by atoms with van der Waals surface area (Å²) in [5.74, 6) is -2.14. The van der Waals surface area contributed by atoms with E-state index in [-0.39, 0.29) is 18.4 Å². The van der Waals surface area contributed by atoms with Crippen molar-refractivity contribution in [3.8, 4) is 0 Å². The van der Waals surface area contributed by atoms with Crippen molar-refractivity contribution >= 4 is 11.9 Å². The van der Waals surface area contributed by atoms with Gasteiger partial charge in [0.15, 0.2) is 0 Å². The first-order valence-electron chi connectivity index (χ1n) is 6.01. The van der Waals surface area contributed by atoms with Crippen LogP contribution in [0.3, 0.4) is 0 Å². The molecule has 5 nitrogen and oxygen atoms in total. The first-order valence-corrected chi connectivity index (χ1v) is 6.01. The molecule has 3 atom stereocenters. The Kier molecular flexibility index (Phi) is 7.54. The fourth-order valence-electron chi connectivity index (χ4n) is 1.36. The smallest absolute Gasteiger partial charge is 0.307 e. The Morgan fingerprint density at radius 1 is 1.18 bits per heavy atom. The summed E-state index contributed by atoms with van der Waals surface area (Å²) in [6.45, 7) is 5.77. The van der Waals surface area contributed by atoms with E-state index in [0.29, 0.717) is 6.54 Å². The van der Waals surface area contributed by atoms with Gasteiger partial charge in [-0.05, 0) is 18.8 Å². The molecule has 0 saturated carbocycles. The Bertz CT molecular complexity index is 255. The average Bonchev–Trinajstić information content (AvgIpc) is 2.31. The topological polar surface area (TPSA) is 86.6 Å². The lowest BCUT2D eigenvalue weighted by Gasteiger charge is -2.16. The van der Waals surface area contributed by atoms with Crippen LogP contribution in [0.5, 0.6) is 0 Å². The Morgan fingerprint density at radius 2 is 1.76 bits per heavy atom. The summed E-state index contributed by atoms with van der Waals surface area (Å²) in [6.07, 6.45) is 1.64. The molecule has 5 heteroatoms. The van der Waals surface area contributed by atoms with Crippen molar-refractivity contribution in [1.82, 2.24) is 5.32 Å². The van der Waals surface area contributed by atoms with E-state index in [9.17, 15) is 9.59 Å². The van der Waals surface area contributed by atoms with Crippen LogP contribution in [-0.4, -0.2) is 35.2 Å². The second kappa shape index (κ2) is 8.06. The number of hydrogen-bond donors (Lipinski definition) is 3. The molecule has 0 aromatic rings. The number of aliphatic carboxylic acids is 1. The van der Waals surface area contributed by atoms with Gasteiger partial charge in [0.1, 0.15) is 0 Å². The lowest BCUT2D eigenvalue weighted by Crippen LogP contribution is -2.35. The molecule has 0 bridgehead atoms. The van der Waals surface area contributed by atoms with Gasteiger partial charge in [-0.1, -0.05) is 20.8 Å². The van der Waals surface area contributed by atoms with E-state index in [2.05, 4.69) is 5.32 Å². The molecule has 0 spiro atoms. The number of hydrogen-bond acceptors (Lipinski definition) is 3. The third-order valence-corrected chi connectivity index (χ3v) is 3.04. The highest BCUT2D eigenvalue weighted by molar-refractivity contribution is 5.84. The largest absolute Gasteiger partial charge is 0.481 e. The molecule has 0 aromatic carbocycles. The zero-order valence-corrected chi connectivity index (χ0v) is 10.8. The van der Waals surface area contributed by atoms with Crippen molar-refractivity contribution in [2.75, 3.05) is 13.2 Å². The Morgan fingerprint density at radius 3 is 2.24 bits per heavy atom. The fraction of sp³-hybridized carbons (Fsp3) is 0.833. The Balaban J connectivity index is 3.83. The van der Waals surface area contributed by atoms with Crippen molar-refractivity contribution in [1.29, 1.82) is 0 Å². The summed E-state index contributed by atoms with van der Waals surface area (Å²) in [4.78, 5) is 22.3. The molecular weight excluding hydrogens is 222 g/mol. The molecule has 0 saturated heterocycles. The van der Waals surface area contributed by atoms with E-state index in [1.54, 1.807) is 6.92 Å². The van der Waals surface area contributed by atoms with Crippen molar-refractivity contribution in [2.24, 2.45) is 17.8 Å². The molecule has 0 aliphatic carbocycles. The minimum absolute atomic E-state index is 0.153. The maximum atomic E-state index is 11.6. The van der Waals surface area contributed by atoms with E-state index in [1.165, 1.54) is 6.92 Å². The predicted octanol–water partition coefficient (Wildman–Crippen LogP) is 0.868. The van der Waals surface area contributed by atoms with Gasteiger partial charge in [0.2, 0.25) is 5.91 Å². The quantitative estimate of drug-likeness (QED) is 0.554. The number of carboxylic acid groups (broad SMARTS) is 1.